The first-order valence-corrected chi connectivity index (χ1v) is 6.88. The van der Waals surface area contributed by atoms with Gasteiger partial charge < -0.3 is 9.64 Å². The van der Waals surface area contributed by atoms with Gasteiger partial charge in [0.2, 0.25) is 0 Å². The second-order valence-corrected chi connectivity index (χ2v) is 5.11. The van der Waals surface area contributed by atoms with Gasteiger partial charge in [-0.1, -0.05) is 12.1 Å². The number of amides is 1. The Morgan fingerprint density at radius 3 is 2.85 bits per heavy atom. The van der Waals surface area contributed by atoms with Gasteiger partial charge in [-0.2, -0.15) is 0 Å². The molecule has 0 atom stereocenters. The Balaban J connectivity index is 1.81. The summed E-state index contributed by atoms with van der Waals surface area (Å²) < 4.78 is 5.10. The van der Waals surface area contributed by atoms with Crippen LogP contribution in [0.4, 0.5) is 0 Å². The van der Waals surface area contributed by atoms with Crippen LogP contribution in [0.5, 0.6) is 0 Å². The second kappa shape index (κ2) is 6.81. The second-order valence-electron chi connectivity index (χ2n) is 4.16. The van der Waals surface area contributed by atoms with Gasteiger partial charge in [-0.25, -0.2) is 0 Å². The Morgan fingerprint density at radius 2 is 2.20 bits per heavy atom. The maximum Gasteiger partial charge on any atom is 0.325 e. The van der Waals surface area contributed by atoms with Gasteiger partial charge in [0, 0.05) is 25.0 Å². The molecule has 1 amide bonds. The molecule has 0 bridgehead atoms. The van der Waals surface area contributed by atoms with Crippen LogP contribution in [0.2, 0.25) is 0 Å². The van der Waals surface area contributed by atoms with E-state index in [1.165, 1.54) is 16.2 Å². The number of carbonyl (C=O) groups excluding carboxylic acids is 2. The average Bonchev–Trinajstić information content (AvgIpc) is 2.99. The van der Waals surface area contributed by atoms with Crippen molar-refractivity contribution in [3.05, 3.63) is 52.5 Å². The smallest absolute Gasteiger partial charge is 0.325 e. The number of likely N-dealkylation sites (N-methyl/N-ethyl adjacent to an activating group) is 1. The van der Waals surface area contributed by atoms with Gasteiger partial charge in [-0.3, -0.25) is 14.6 Å². The summed E-state index contributed by atoms with van der Waals surface area (Å²) in [6, 6.07) is 7.12. The lowest BCUT2D eigenvalue weighted by Gasteiger charge is -2.15. The van der Waals surface area contributed by atoms with Gasteiger partial charge in [0.05, 0.1) is 4.88 Å². The summed E-state index contributed by atoms with van der Waals surface area (Å²) in [7, 11) is 1.58. The summed E-state index contributed by atoms with van der Waals surface area (Å²) in [5.74, 6) is -0.625. The molecule has 0 fully saturated rings. The number of thiophene rings is 1. The minimum absolute atomic E-state index is 0.0724. The fourth-order valence-electron chi connectivity index (χ4n) is 1.55. The molecule has 2 rings (SSSR count). The van der Waals surface area contributed by atoms with Crippen molar-refractivity contribution < 1.29 is 14.3 Å². The van der Waals surface area contributed by atoms with Crippen LogP contribution in [0.1, 0.15) is 15.2 Å². The molecule has 5 nitrogen and oxygen atoms in total. The molecule has 0 radical (unpaired) electrons. The molecule has 2 aromatic heterocycles. The molecule has 0 unspecified atom stereocenters. The molecule has 0 saturated carbocycles. The number of hydrogen-bond acceptors (Lipinski definition) is 5. The molecule has 0 N–H and O–H groups in total. The van der Waals surface area contributed by atoms with Gasteiger partial charge in [0.25, 0.3) is 5.91 Å². The van der Waals surface area contributed by atoms with Crippen LogP contribution in [0.15, 0.2) is 42.0 Å². The van der Waals surface area contributed by atoms with Crippen LogP contribution in [0.25, 0.3) is 0 Å². The van der Waals surface area contributed by atoms with E-state index in [1.54, 1.807) is 37.6 Å². The summed E-state index contributed by atoms with van der Waals surface area (Å²) in [6.07, 6.45) is 3.28. The normalized spacial score (nSPS) is 10.1. The quantitative estimate of drug-likeness (QED) is 0.790. The van der Waals surface area contributed by atoms with E-state index in [0.717, 1.165) is 5.56 Å². The van der Waals surface area contributed by atoms with Crippen molar-refractivity contribution in [3.63, 3.8) is 0 Å². The molecule has 20 heavy (non-hydrogen) atoms. The van der Waals surface area contributed by atoms with Crippen molar-refractivity contribution in [1.29, 1.82) is 0 Å². The van der Waals surface area contributed by atoms with Crippen molar-refractivity contribution in [2.24, 2.45) is 0 Å². The maximum atomic E-state index is 11.9. The zero-order valence-electron chi connectivity index (χ0n) is 11.0. The maximum absolute atomic E-state index is 11.9. The van der Waals surface area contributed by atoms with Crippen molar-refractivity contribution >= 4 is 23.2 Å². The van der Waals surface area contributed by atoms with Gasteiger partial charge >= 0.3 is 5.97 Å². The fraction of sp³-hybridized carbons (Fsp3) is 0.214. The van der Waals surface area contributed by atoms with Crippen molar-refractivity contribution in [3.8, 4) is 0 Å². The molecular weight excluding hydrogens is 276 g/mol. The van der Waals surface area contributed by atoms with Crippen molar-refractivity contribution in [1.82, 2.24) is 9.88 Å². The molecule has 0 aliphatic heterocycles. The molecule has 104 valence electrons. The van der Waals surface area contributed by atoms with E-state index in [-0.39, 0.29) is 19.1 Å². The summed E-state index contributed by atoms with van der Waals surface area (Å²) in [5, 5.41) is 1.82. The molecular formula is C14H14N2O3S. The Bertz CT molecular complexity index is 569. The molecule has 0 aliphatic rings. The highest BCUT2D eigenvalue weighted by atomic mass is 32.1. The third kappa shape index (κ3) is 3.89. The third-order valence-electron chi connectivity index (χ3n) is 2.57. The molecule has 0 spiro atoms. The topological polar surface area (TPSA) is 59.5 Å². The number of ether oxygens (including phenoxy) is 1. The lowest BCUT2D eigenvalue weighted by atomic mass is 10.3. The van der Waals surface area contributed by atoms with E-state index < -0.39 is 5.97 Å². The van der Waals surface area contributed by atoms with Gasteiger partial charge in [0.15, 0.2) is 0 Å². The SMILES string of the molecule is CN(CC(=O)OCc1cccnc1)C(=O)c1cccs1. The van der Waals surface area contributed by atoms with Crippen LogP contribution in [0.3, 0.4) is 0 Å². The van der Waals surface area contributed by atoms with Crippen LogP contribution in [0, 0.1) is 0 Å². The Kier molecular flexibility index (Phi) is 4.84. The van der Waals surface area contributed by atoms with Crippen LogP contribution in [-0.4, -0.2) is 35.4 Å². The lowest BCUT2D eigenvalue weighted by molar-refractivity contribution is -0.145. The summed E-state index contributed by atoms with van der Waals surface area (Å²) >= 11 is 1.35. The highest BCUT2D eigenvalue weighted by Crippen LogP contribution is 2.11. The number of esters is 1. The Morgan fingerprint density at radius 1 is 1.35 bits per heavy atom. The van der Waals surface area contributed by atoms with Crippen LogP contribution in [-0.2, 0) is 16.1 Å². The predicted octanol–water partition coefficient (Wildman–Crippen LogP) is 1.96. The first kappa shape index (κ1) is 14.2. The minimum Gasteiger partial charge on any atom is -0.459 e. The zero-order valence-corrected chi connectivity index (χ0v) is 11.8. The molecule has 0 aromatic carbocycles. The standard InChI is InChI=1S/C14H14N2O3S/c1-16(14(18)12-5-3-7-20-12)9-13(17)19-10-11-4-2-6-15-8-11/h2-8H,9-10H2,1H3. The van der Waals surface area contributed by atoms with Crippen molar-refractivity contribution in [2.45, 2.75) is 6.61 Å². The number of carbonyl (C=O) groups is 2. The predicted molar refractivity (Wildman–Crippen MR) is 75.3 cm³/mol. The number of pyridine rings is 1. The van der Waals surface area contributed by atoms with Crippen molar-refractivity contribution in [2.75, 3.05) is 13.6 Å². The number of rotatable bonds is 5. The monoisotopic (exact) mass is 290 g/mol. The molecule has 6 heteroatoms. The minimum atomic E-state index is -0.443. The number of aromatic nitrogens is 1. The Labute approximate surface area is 120 Å². The van der Waals surface area contributed by atoms with E-state index in [4.69, 9.17) is 4.74 Å². The molecule has 2 aromatic rings. The largest absolute Gasteiger partial charge is 0.459 e. The fourth-order valence-corrected chi connectivity index (χ4v) is 2.26. The zero-order chi connectivity index (χ0) is 14.4. The van der Waals surface area contributed by atoms with Gasteiger partial charge in [-0.15, -0.1) is 11.3 Å². The molecule has 0 aliphatic carbocycles. The summed E-state index contributed by atoms with van der Waals surface area (Å²) in [5.41, 5.74) is 0.813. The summed E-state index contributed by atoms with van der Waals surface area (Å²) in [6.45, 7) is 0.0880. The third-order valence-corrected chi connectivity index (χ3v) is 3.43. The van der Waals surface area contributed by atoms with Crippen LogP contribution < -0.4 is 0 Å². The molecule has 2 heterocycles. The summed E-state index contributed by atoms with van der Waals surface area (Å²) in [4.78, 5) is 29.5. The van der Waals surface area contributed by atoms with E-state index >= 15 is 0 Å². The Hall–Kier alpha value is -2.21. The lowest BCUT2D eigenvalue weighted by Crippen LogP contribution is -2.32. The van der Waals surface area contributed by atoms with Gasteiger partial charge in [-0.05, 0) is 17.5 Å². The number of hydrogen-bond donors (Lipinski definition) is 0. The van der Waals surface area contributed by atoms with Gasteiger partial charge in [0.1, 0.15) is 13.2 Å². The van der Waals surface area contributed by atoms with E-state index in [1.807, 2.05) is 11.4 Å². The van der Waals surface area contributed by atoms with E-state index in [9.17, 15) is 9.59 Å². The highest BCUT2D eigenvalue weighted by Gasteiger charge is 2.16. The average molecular weight is 290 g/mol. The number of nitrogens with zero attached hydrogens (tertiary/aromatic N) is 2. The van der Waals surface area contributed by atoms with E-state index in [2.05, 4.69) is 4.98 Å². The first-order valence-electron chi connectivity index (χ1n) is 6.00. The molecule has 0 saturated heterocycles. The van der Waals surface area contributed by atoms with Crippen LogP contribution >= 0.6 is 11.3 Å². The highest BCUT2D eigenvalue weighted by molar-refractivity contribution is 7.12. The first-order chi connectivity index (χ1) is 9.66. The van der Waals surface area contributed by atoms with E-state index in [0.29, 0.717) is 4.88 Å².